The van der Waals surface area contributed by atoms with Gasteiger partial charge in [-0.3, -0.25) is 0 Å². The number of aromatic hydroxyl groups is 1. The summed E-state index contributed by atoms with van der Waals surface area (Å²) in [5.41, 5.74) is 2.36. The van der Waals surface area contributed by atoms with Crippen molar-refractivity contribution >= 4 is 0 Å². The molecule has 100 valence electrons. The lowest BCUT2D eigenvalue weighted by molar-refractivity contribution is -0.00751. The van der Waals surface area contributed by atoms with Crippen LogP contribution in [-0.2, 0) is 5.41 Å². The molecule has 1 fully saturated rings. The van der Waals surface area contributed by atoms with Crippen LogP contribution in [0, 0.1) is 10.8 Å². The third-order valence-corrected chi connectivity index (χ3v) is 4.72. The number of hydrogen-bond donors (Lipinski definition) is 1. The van der Waals surface area contributed by atoms with Gasteiger partial charge in [-0.25, -0.2) is 0 Å². The summed E-state index contributed by atoms with van der Waals surface area (Å²) >= 11 is 0. The predicted molar refractivity (Wildman–Crippen MR) is 76.9 cm³/mol. The Morgan fingerprint density at radius 3 is 1.94 bits per heavy atom. The molecule has 0 bridgehead atoms. The second kappa shape index (κ2) is 4.01. The minimum absolute atomic E-state index is 0.277. The highest BCUT2D eigenvalue weighted by molar-refractivity contribution is 5.36. The average Bonchev–Trinajstić information content (AvgIpc) is 2.24. The maximum Gasteiger partial charge on any atom is 0.115 e. The van der Waals surface area contributed by atoms with E-state index in [9.17, 15) is 5.11 Å². The molecule has 1 heteroatoms. The molecule has 0 aromatic heterocycles. The van der Waals surface area contributed by atoms with Gasteiger partial charge < -0.3 is 5.11 Å². The van der Waals surface area contributed by atoms with Gasteiger partial charge >= 0.3 is 0 Å². The van der Waals surface area contributed by atoms with Crippen LogP contribution in [0.4, 0.5) is 0 Å². The fourth-order valence-electron chi connectivity index (χ4n) is 3.58. The van der Waals surface area contributed by atoms with E-state index in [4.69, 9.17) is 0 Å². The SMILES string of the molecule is CC(C)(C)CC1(c2ccc(O)cc2)CCC1(C)C. The van der Waals surface area contributed by atoms with Crippen LogP contribution in [0.15, 0.2) is 24.3 Å². The van der Waals surface area contributed by atoms with Crippen LogP contribution in [-0.4, -0.2) is 5.11 Å². The summed E-state index contributed by atoms with van der Waals surface area (Å²) in [5, 5.41) is 9.48. The molecule has 1 aliphatic rings. The molecule has 1 nitrogen and oxygen atoms in total. The van der Waals surface area contributed by atoms with Gasteiger partial charge in [0.15, 0.2) is 0 Å². The van der Waals surface area contributed by atoms with Crippen LogP contribution in [0.2, 0.25) is 0 Å². The Bertz CT molecular complexity index is 422. The first-order chi connectivity index (χ1) is 8.16. The summed E-state index contributed by atoms with van der Waals surface area (Å²) in [4.78, 5) is 0. The lowest BCUT2D eigenvalue weighted by Crippen LogP contribution is -2.52. The predicted octanol–water partition coefficient (Wildman–Crippen LogP) is 4.89. The number of benzene rings is 1. The molecule has 1 unspecified atom stereocenters. The van der Waals surface area contributed by atoms with Crippen molar-refractivity contribution in [3.63, 3.8) is 0 Å². The van der Waals surface area contributed by atoms with Crippen LogP contribution in [0.3, 0.4) is 0 Å². The van der Waals surface area contributed by atoms with Gasteiger partial charge in [-0.1, -0.05) is 46.8 Å². The second-order valence-corrected chi connectivity index (χ2v) is 7.75. The highest BCUT2D eigenvalue weighted by atomic mass is 16.3. The fourth-order valence-corrected chi connectivity index (χ4v) is 3.58. The maximum absolute atomic E-state index is 9.48. The molecular weight excluding hydrogens is 220 g/mol. The monoisotopic (exact) mass is 246 g/mol. The lowest BCUT2D eigenvalue weighted by Gasteiger charge is -2.59. The molecule has 0 radical (unpaired) electrons. The third kappa shape index (κ3) is 2.15. The van der Waals surface area contributed by atoms with E-state index in [0.717, 1.165) is 0 Å². The van der Waals surface area contributed by atoms with Crippen molar-refractivity contribution in [1.82, 2.24) is 0 Å². The van der Waals surface area contributed by atoms with Crippen molar-refractivity contribution in [2.75, 3.05) is 0 Å². The van der Waals surface area contributed by atoms with Crippen LogP contribution < -0.4 is 0 Å². The minimum atomic E-state index is 0.277. The summed E-state index contributed by atoms with van der Waals surface area (Å²) in [5.74, 6) is 0.363. The van der Waals surface area contributed by atoms with Crippen LogP contribution in [0.1, 0.15) is 59.4 Å². The highest BCUT2D eigenvalue weighted by Gasteiger charge is 2.54. The van der Waals surface area contributed by atoms with Gasteiger partial charge in [0.1, 0.15) is 5.75 Å². The molecule has 1 saturated carbocycles. The van der Waals surface area contributed by atoms with E-state index in [-0.39, 0.29) is 5.41 Å². The second-order valence-electron chi connectivity index (χ2n) is 7.75. The molecule has 1 aromatic rings. The average molecular weight is 246 g/mol. The fraction of sp³-hybridized carbons (Fsp3) is 0.647. The smallest absolute Gasteiger partial charge is 0.115 e. The molecule has 0 amide bonds. The zero-order valence-electron chi connectivity index (χ0n) is 12.4. The van der Waals surface area contributed by atoms with Gasteiger partial charge in [0.05, 0.1) is 0 Å². The standard InChI is InChI=1S/C17H26O/c1-15(2,3)12-17(11-10-16(17,4)5)13-6-8-14(18)9-7-13/h6-9,18H,10-12H2,1-5H3. The molecular formula is C17H26O. The number of rotatable bonds is 2. The van der Waals surface area contributed by atoms with Gasteiger partial charge in [0.25, 0.3) is 0 Å². The van der Waals surface area contributed by atoms with Crippen LogP contribution in [0.25, 0.3) is 0 Å². The number of hydrogen-bond acceptors (Lipinski definition) is 1. The van der Waals surface area contributed by atoms with E-state index in [1.807, 2.05) is 12.1 Å². The molecule has 0 saturated heterocycles. The van der Waals surface area contributed by atoms with Gasteiger partial charge in [-0.15, -0.1) is 0 Å². The third-order valence-electron chi connectivity index (χ3n) is 4.72. The van der Waals surface area contributed by atoms with E-state index in [1.54, 1.807) is 0 Å². The van der Waals surface area contributed by atoms with Crippen molar-refractivity contribution < 1.29 is 5.11 Å². The van der Waals surface area contributed by atoms with Crippen LogP contribution >= 0.6 is 0 Å². The van der Waals surface area contributed by atoms with Gasteiger partial charge in [-0.05, 0) is 47.8 Å². The van der Waals surface area contributed by atoms with Crippen molar-refractivity contribution in [3.05, 3.63) is 29.8 Å². The van der Waals surface area contributed by atoms with E-state index in [1.165, 1.54) is 24.8 Å². The zero-order valence-corrected chi connectivity index (χ0v) is 12.4. The van der Waals surface area contributed by atoms with E-state index in [2.05, 4.69) is 46.8 Å². The van der Waals surface area contributed by atoms with E-state index < -0.39 is 0 Å². The summed E-state index contributed by atoms with van der Waals surface area (Å²) in [6, 6.07) is 7.88. The lowest BCUT2D eigenvalue weighted by atomic mass is 9.45. The maximum atomic E-state index is 9.48. The zero-order chi connectivity index (χ0) is 13.6. The first-order valence-corrected chi connectivity index (χ1v) is 6.96. The Balaban J connectivity index is 2.41. The Hall–Kier alpha value is -0.980. The molecule has 1 aromatic carbocycles. The molecule has 1 atom stereocenters. The molecule has 18 heavy (non-hydrogen) atoms. The van der Waals surface area contributed by atoms with Crippen molar-refractivity contribution in [2.45, 2.75) is 59.3 Å². The summed E-state index contributed by atoms with van der Waals surface area (Å²) < 4.78 is 0. The highest BCUT2D eigenvalue weighted by Crippen LogP contribution is 2.62. The summed E-state index contributed by atoms with van der Waals surface area (Å²) in [6.45, 7) is 11.7. The van der Waals surface area contributed by atoms with E-state index in [0.29, 0.717) is 16.6 Å². The Kier molecular flexibility index (Phi) is 3.00. The molecule has 0 heterocycles. The van der Waals surface area contributed by atoms with Crippen LogP contribution in [0.5, 0.6) is 5.75 Å². The Labute approximate surface area is 111 Å². The largest absolute Gasteiger partial charge is 0.508 e. The van der Waals surface area contributed by atoms with Crippen molar-refractivity contribution in [1.29, 1.82) is 0 Å². The molecule has 1 aliphatic carbocycles. The number of phenols is 1. The Morgan fingerprint density at radius 1 is 1.06 bits per heavy atom. The van der Waals surface area contributed by atoms with E-state index >= 15 is 0 Å². The summed E-state index contributed by atoms with van der Waals surface area (Å²) in [7, 11) is 0. The Morgan fingerprint density at radius 2 is 1.61 bits per heavy atom. The molecule has 2 rings (SSSR count). The van der Waals surface area contributed by atoms with Crippen molar-refractivity contribution in [2.24, 2.45) is 10.8 Å². The number of phenolic OH excluding ortho intramolecular Hbond substituents is 1. The molecule has 0 spiro atoms. The first-order valence-electron chi connectivity index (χ1n) is 6.96. The van der Waals surface area contributed by atoms with Gasteiger partial charge in [0, 0.05) is 5.41 Å². The molecule has 1 N–H and O–H groups in total. The van der Waals surface area contributed by atoms with Gasteiger partial charge in [0.2, 0.25) is 0 Å². The normalized spacial score (nSPS) is 26.7. The summed E-state index contributed by atoms with van der Waals surface area (Å²) in [6.07, 6.45) is 3.77. The minimum Gasteiger partial charge on any atom is -0.508 e. The topological polar surface area (TPSA) is 20.2 Å². The van der Waals surface area contributed by atoms with Crippen molar-refractivity contribution in [3.8, 4) is 5.75 Å². The molecule has 0 aliphatic heterocycles. The van der Waals surface area contributed by atoms with Gasteiger partial charge in [-0.2, -0.15) is 0 Å². The first kappa shape index (κ1) is 13.5. The quantitative estimate of drug-likeness (QED) is 0.788.